The van der Waals surface area contributed by atoms with Crippen molar-refractivity contribution in [2.45, 2.75) is 6.92 Å². The maximum absolute atomic E-state index is 5.11. The van der Waals surface area contributed by atoms with Gasteiger partial charge in [-0.15, -0.1) is 0 Å². The molecule has 0 saturated carbocycles. The topological polar surface area (TPSA) is 57.1 Å². The Morgan fingerprint density at radius 1 is 1.31 bits per heavy atom. The summed E-state index contributed by atoms with van der Waals surface area (Å²) < 4.78 is 9.90. The molecular formula is C7H10N3O2Y-. The molecule has 1 aromatic heterocycles. The predicted octanol–water partition coefficient (Wildman–Crippen LogP) is 0.00291. The van der Waals surface area contributed by atoms with Gasteiger partial charge in [-0.25, -0.2) is 0 Å². The Kier molecular flexibility index (Phi) is 7.22. The summed E-state index contributed by atoms with van der Waals surface area (Å²) in [4.78, 5) is 11.3. The van der Waals surface area contributed by atoms with Gasteiger partial charge < -0.3 is 24.4 Å². The third-order valence-electron chi connectivity index (χ3n) is 1.13. The summed E-state index contributed by atoms with van der Waals surface area (Å²) in [5.41, 5.74) is 0. The molecule has 1 rings (SSSR count). The van der Waals surface area contributed by atoms with Crippen LogP contribution in [-0.2, 0) is 37.4 Å². The summed E-state index contributed by atoms with van der Waals surface area (Å²) in [6, 6.07) is 0.291. The molecule has 0 saturated heterocycles. The van der Waals surface area contributed by atoms with Gasteiger partial charge in [-0.1, -0.05) is 6.92 Å². The molecule has 0 aromatic carbocycles. The van der Waals surface area contributed by atoms with Gasteiger partial charge in [-0.05, 0) is 0 Å². The maximum atomic E-state index is 5.11. The summed E-state index contributed by atoms with van der Waals surface area (Å²) in [7, 11) is 1.61. The zero-order valence-corrected chi connectivity index (χ0v) is 10.5. The van der Waals surface area contributed by atoms with Crippen LogP contribution in [0.5, 0.6) is 6.01 Å². The second kappa shape index (κ2) is 7.29. The van der Waals surface area contributed by atoms with Crippen LogP contribution in [0.2, 0.25) is 0 Å². The minimum absolute atomic E-state index is 0. The number of ether oxygens (including phenoxy) is 2. The first-order valence-corrected chi connectivity index (χ1v) is 3.53. The third-order valence-corrected chi connectivity index (χ3v) is 1.13. The molecule has 0 fully saturated rings. The Morgan fingerprint density at radius 3 is 2.69 bits per heavy atom. The molecule has 0 aliphatic heterocycles. The van der Waals surface area contributed by atoms with Crippen LogP contribution in [-0.4, -0.2) is 35.3 Å². The fourth-order valence-corrected chi connectivity index (χ4v) is 0.609. The van der Waals surface area contributed by atoms with E-state index in [1.807, 2.05) is 0 Å². The number of hydrogen-bond acceptors (Lipinski definition) is 5. The largest absolute Gasteiger partial charge is 0.518 e. The molecule has 69 valence electrons. The Hall–Kier alpha value is -0.126. The van der Waals surface area contributed by atoms with E-state index < -0.39 is 0 Å². The smallest absolute Gasteiger partial charge is 0.200 e. The number of methoxy groups -OCH3 is 1. The summed E-state index contributed by atoms with van der Waals surface area (Å²) in [6.45, 7) is 2.71. The van der Waals surface area contributed by atoms with Gasteiger partial charge in [-0.2, -0.15) is 0 Å². The molecule has 1 radical (unpaired) electrons. The minimum atomic E-state index is 0. The van der Waals surface area contributed by atoms with Gasteiger partial charge in [0.2, 0.25) is 0 Å². The van der Waals surface area contributed by atoms with Gasteiger partial charge in [0.05, 0.1) is 13.2 Å². The number of nitrogens with zero attached hydrogens (tertiary/aromatic N) is 3. The van der Waals surface area contributed by atoms with Crippen LogP contribution in [0.25, 0.3) is 0 Å². The van der Waals surface area contributed by atoms with Gasteiger partial charge in [0.25, 0.3) is 0 Å². The van der Waals surface area contributed by atoms with E-state index in [4.69, 9.17) is 9.47 Å². The monoisotopic (exact) mass is 257 g/mol. The van der Waals surface area contributed by atoms with E-state index >= 15 is 0 Å². The molecule has 0 bridgehead atoms. The molecule has 0 unspecified atom stereocenters. The average Bonchev–Trinajstić information content (AvgIpc) is 2.05. The van der Waals surface area contributed by atoms with E-state index in [-0.39, 0.29) is 32.7 Å². The fraction of sp³-hybridized carbons (Fsp3) is 0.571. The van der Waals surface area contributed by atoms with Crippen LogP contribution in [0.3, 0.4) is 0 Å². The first-order chi connectivity index (χ1) is 5.83. The van der Waals surface area contributed by atoms with Crippen molar-refractivity contribution in [3.05, 3.63) is 12.2 Å². The van der Waals surface area contributed by atoms with Crippen molar-refractivity contribution in [2.24, 2.45) is 0 Å². The molecule has 5 nitrogen and oxygen atoms in total. The summed E-state index contributed by atoms with van der Waals surface area (Å²) in [6.07, 6.45) is 2.43. The summed E-state index contributed by atoms with van der Waals surface area (Å²) in [5.74, 6) is 0.595. The number of hydrogen-bond donors (Lipinski definition) is 0. The molecule has 0 spiro atoms. The minimum Gasteiger partial charge on any atom is -0.518 e. The Balaban J connectivity index is 0.00000144. The molecule has 0 aliphatic carbocycles. The molecule has 6 heteroatoms. The Labute approximate surface area is 102 Å². The van der Waals surface area contributed by atoms with Crippen molar-refractivity contribution in [1.29, 1.82) is 0 Å². The van der Waals surface area contributed by atoms with Crippen molar-refractivity contribution in [2.75, 3.05) is 20.3 Å². The average molecular weight is 257 g/mol. The normalized spacial score (nSPS) is 9.08. The van der Waals surface area contributed by atoms with Crippen LogP contribution < -0.4 is 4.74 Å². The molecule has 1 heterocycles. The second-order valence-corrected chi connectivity index (χ2v) is 2.11. The van der Waals surface area contributed by atoms with E-state index in [2.05, 4.69) is 21.3 Å². The molecule has 0 atom stereocenters. The van der Waals surface area contributed by atoms with Crippen molar-refractivity contribution in [3.63, 3.8) is 0 Å². The second-order valence-electron chi connectivity index (χ2n) is 2.11. The van der Waals surface area contributed by atoms with Crippen LogP contribution in [0, 0.1) is 13.3 Å². The Bertz CT molecular complexity index is 247. The zero-order chi connectivity index (χ0) is 8.81. The molecule has 0 aliphatic rings. The summed E-state index contributed by atoms with van der Waals surface area (Å²) in [5, 5.41) is 0. The molecule has 13 heavy (non-hydrogen) atoms. The van der Waals surface area contributed by atoms with Crippen molar-refractivity contribution < 1.29 is 42.2 Å². The van der Waals surface area contributed by atoms with Crippen molar-refractivity contribution in [3.8, 4) is 6.01 Å². The van der Waals surface area contributed by atoms with Crippen molar-refractivity contribution in [1.82, 2.24) is 15.0 Å². The van der Waals surface area contributed by atoms with Gasteiger partial charge in [0.1, 0.15) is 0 Å². The summed E-state index contributed by atoms with van der Waals surface area (Å²) >= 11 is 0. The van der Waals surface area contributed by atoms with E-state index in [9.17, 15) is 0 Å². The van der Waals surface area contributed by atoms with E-state index in [1.54, 1.807) is 14.0 Å². The van der Waals surface area contributed by atoms with Crippen LogP contribution >= 0.6 is 0 Å². The number of aryl methyl sites for hydroxylation is 1. The van der Waals surface area contributed by atoms with E-state index in [0.29, 0.717) is 25.0 Å². The predicted molar refractivity (Wildman–Crippen MR) is 40.8 cm³/mol. The Morgan fingerprint density at radius 2 is 2.08 bits per heavy atom. The fourth-order valence-electron chi connectivity index (χ4n) is 0.609. The van der Waals surface area contributed by atoms with Gasteiger partial charge in [0, 0.05) is 52.0 Å². The SMILES string of the molecule is COCCOc1n[c-]nc(C)n1.[Y]. The molecule has 1 aromatic rings. The first-order valence-electron chi connectivity index (χ1n) is 3.53. The molecular weight excluding hydrogens is 247 g/mol. The number of rotatable bonds is 4. The van der Waals surface area contributed by atoms with E-state index in [1.165, 1.54) is 0 Å². The van der Waals surface area contributed by atoms with E-state index in [0.717, 1.165) is 0 Å². The maximum Gasteiger partial charge on any atom is 0.200 e. The van der Waals surface area contributed by atoms with Gasteiger partial charge in [-0.3, -0.25) is 0 Å². The molecule has 0 amide bonds. The first kappa shape index (κ1) is 12.9. The van der Waals surface area contributed by atoms with Crippen LogP contribution in [0.15, 0.2) is 0 Å². The third kappa shape index (κ3) is 5.23. The van der Waals surface area contributed by atoms with Gasteiger partial charge in [0.15, 0.2) is 6.01 Å². The van der Waals surface area contributed by atoms with Gasteiger partial charge >= 0.3 is 0 Å². The standard InChI is InChI=1S/C7H10N3O2.Y/c1-6-8-5-9-7(10-6)12-4-3-11-2;/h3-4H2,1-2H3;/q-1;. The van der Waals surface area contributed by atoms with Crippen LogP contribution in [0.1, 0.15) is 5.82 Å². The van der Waals surface area contributed by atoms with Crippen molar-refractivity contribution >= 4 is 0 Å². The quantitative estimate of drug-likeness (QED) is 0.561. The number of aromatic nitrogens is 3. The molecule has 0 N–H and O–H groups in total. The van der Waals surface area contributed by atoms with Crippen LogP contribution in [0.4, 0.5) is 0 Å². The zero-order valence-electron chi connectivity index (χ0n) is 7.65.